The highest BCUT2D eigenvalue weighted by molar-refractivity contribution is 5.22. The van der Waals surface area contributed by atoms with Crippen LogP contribution in [0.2, 0.25) is 0 Å². The Morgan fingerprint density at radius 2 is 1.69 bits per heavy atom. The maximum absolute atomic E-state index is 12.5. The van der Waals surface area contributed by atoms with Crippen molar-refractivity contribution in [2.45, 2.75) is 12.1 Å². The summed E-state index contributed by atoms with van der Waals surface area (Å²) in [7, 11) is 0. The average molecular weight is 244 g/mol. The van der Waals surface area contributed by atoms with Gasteiger partial charge in [-0.1, -0.05) is 6.07 Å². The van der Waals surface area contributed by atoms with E-state index < -0.39 is 24.5 Å². The van der Waals surface area contributed by atoms with E-state index in [-0.39, 0.29) is 5.75 Å². The Morgan fingerprint density at radius 3 is 2.19 bits per heavy atom. The van der Waals surface area contributed by atoms with Crippen molar-refractivity contribution in [3.63, 3.8) is 0 Å². The first-order valence-electron chi connectivity index (χ1n) is 4.05. The molecule has 0 aliphatic rings. The predicted octanol–water partition coefficient (Wildman–Crippen LogP) is 3.40. The minimum absolute atomic E-state index is 0.385. The highest BCUT2D eigenvalue weighted by Gasteiger charge is 2.58. The molecule has 0 heterocycles. The first-order valence-corrected chi connectivity index (χ1v) is 4.05. The molecule has 0 spiro atoms. The van der Waals surface area contributed by atoms with Crippen LogP contribution in [-0.4, -0.2) is 18.7 Å². The molecule has 0 radical (unpaired) electrons. The summed E-state index contributed by atoms with van der Waals surface area (Å²) in [5.74, 6) is -6.13. The van der Waals surface area contributed by atoms with Crippen molar-refractivity contribution < 1.29 is 31.1 Å². The van der Waals surface area contributed by atoms with Gasteiger partial charge in [-0.15, -0.1) is 0 Å². The largest absolute Gasteiger partial charge is 0.487 e. The lowest BCUT2D eigenvalue weighted by Crippen LogP contribution is -2.41. The van der Waals surface area contributed by atoms with Crippen LogP contribution in [0.15, 0.2) is 24.3 Å². The fraction of sp³-hybridized carbons (Fsp3) is 0.333. The summed E-state index contributed by atoms with van der Waals surface area (Å²) in [6.45, 7) is -1.88. The maximum atomic E-state index is 12.5. The van der Waals surface area contributed by atoms with E-state index in [4.69, 9.17) is 0 Å². The van der Waals surface area contributed by atoms with Gasteiger partial charge >= 0.3 is 12.1 Å². The van der Waals surface area contributed by atoms with E-state index in [1.807, 2.05) is 0 Å². The quantitative estimate of drug-likeness (QED) is 0.740. The van der Waals surface area contributed by atoms with Gasteiger partial charge < -0.3 is 4.74 Å². The van der Waals surface area contributed by atoms with Crippen LogP contribution >= 0.6 is 0 Å². The molecule has 0 bridgehead atoms. The highest BCUT2D eigenvalue weighted by Crippen LogP contribution is 2.35. The van der Waals surface area contributed by atoms with Gasteiger partial charge in [0.1, 0.15) is 11.6 Å². The molecule has 1 aromatic rings. The van der Waals surface area contributed by atoms with Crippen molar-refractivity contribution in [3.05, 3.63) is 30.1 Å². The summed E-state index contributed by atoms with van der Waals surface area (Å²) >= 11 is 0. The van der Waals surface area contributed by atoms with Crippen molar-refractivity contribution in [2.75, 3.05) is 6.61 Å². The van der Waals surface area contributed by atoms with E-state index in [2.05, 4.69) is 4.74 Å². The molecule has 0 unspecified atom stereocenters. The SMILES string of the molecule is Fc1cccc(OCC(F)(F)C(F)(F)F)c1. The lowest BCUT2D eigenvalue weighted by Gasteiger charge is -2.19. The second-order valence-corrected chi connectivity index (χ2v) is 2.95. The van der Waals surface area contributed by atoms with Gasteiger partial charge in [-0.05, 0) is 12.1 Å². The molecule has 7 heteroatoms. The molecular formula is C9H6F6O. The van der Waals surface area contributed by atoms with Gasteiger partial charge in [0.2, 0.25) is 0 Å². The van der Waals surface area contributed by atoms with Crippen LogP contribution in [0.1, 0.15) is 0 Å². The van der Waals surface area contributed by atoms with E-state index in [0.29, 0.717) is 6.07 Å². The van der Waals surface area contributed by atoms with E-state index >= 15 is 0 Å². The summed E-state index contributed by atoms with van der Waals surface area (Å²) in [4.78, 5) is 0. The molecule has 0 fully saturated rings. The van der Waals surface area contributed by atoms with Gasteiger partial charge in [0.15, 0.2) is 6.61 Å². The predicted molar refractivity (Wildman–Crippen MR) is 42.9 cm³/mol. The minimum atomic E-state index is -5.68. The van der Waals surface area contributed by atoms with Gasteiger partial charge in [-0.3, -0.25) is 0 Å². The zero-order chi connectivity index (χ0) is 12.4. The summed E-state index contributed by atoms with van der Waals surface area (Å²) in [5.41, 5.74) is 0. The topological polar surface area (TPSA) is 9.23 Å². The Hall–Kier alpha value is -1.40. The van der Waals surface area contributed by atoms with Crippen molar-refractivity contribution >= 4 is 0 Å². The molecule has 1 rings (SSSR count). The van der Waals surface area contributed by atoms with Crippen molar-refractivity contribution in [1.82, 2.24) is 0 Å². The Kier molecular flexibility index (Phi) is 3.35. The normalized spacial score (nSPS) is 12.6. The zero-order valence-corrected chi connectivity index (χ0v) is 7.69. The second-order valence-electron chi connectivity index (χ2n) is 2.95. The van der Waals surface area contributed by atoms with Crippen molar-refractivity contribution in [1.29, 1.82) is 0 Å². The van der Waals surface area contributed by atoms with Crippen LogP contribution in [0.3, 0.4) is 0 Å². The first-order chi connectivity index (χ1) is 7.22. The number of hydrogen-bond donors (Lipinski definition) is 0. The highest BCUT2D eigenvalue weighted by atomic mass is 19.4. The fourth-order valence-electron chi connectivity index (χ4n) is 0.813. The Balaban J connectivity index is 2.65. The molecule has 0 saturated heterocycles. The molecule has 16 heavy (non-hydrogen) atoms. The maximum Gasteiger partial charge on any atom is 0.456 e. The molecule has 1 aromatic carbocycles. The van der Waals surface area contributed by atoms with Crippen LogP contribution in [-0.2, 0) is 0 Å². The van der Waals surface area contributed by atoms with Crippen LogP contribution in [0.5, 0.6) is 5.75 Å². The number of alkyl halides is 5. The van der Waals surface area contributed by atoms with Gasteiger partial charge in [0.05, 0.1) is 0 Å². The van der Waals surface area contributed by atoms with E-state index in [1.54, 1.807) is 0 Å². The molecular weight excluding hydrogens is 238 g/mol. The summed E-state index contributed by atoms with van der Waals surface area (Å²) < 4.78 is 76.6. The molecule has 0 saturated carbocycles. The summed E-state index contributed by atoms with van der Waals surface area (Å²) in [6, 6.07) is 3.94. The van der Waals surface area contributed by atoms with Gasteiger partial charge in [0.25, 0.3) is 0 Å². The third-order valence-electron chi connectivity index (χ3n) is 1.63. The Labute approximate surface area is 86.6 Å². The number of rotatable bonds is 3. The third-order valence-corrected chi connectivity index (χ3v) is 1.63. The standard InChI is InChI=1S/C9H6F6O/c10-6-2-1-3-7(4-6)16-5-8(11,12)9(13,14)15/h1-4H,5H2. The smallest absolute Gasteiger partial charge is 0.456 e. The van der Waals surface area contributed by atoms with E-state index in [0.717, 1.165) is 18.2 Å². The number of halogens is 6. The van der Waals surface area contributed by atoms with Gasteiger partial charge in [-0.2, -0.15) is 22.0 Å². The molecule has 1 nitrogen and oxygen atoms in total. The average Bonchev–Trinajstić information content (AvgIpc) is 2.13. The van der Waals surface area contributed by atoms with Gasteiger partial charge in [0, 0.05) is 6.07 Å². The zero-order valence-electron chi connectivity index (χ0n) is 7.69. The van der Waals surface area contributed by atoms with Crippen LogP contribution in [0.25, 0.3) is 0 Å². The molecule has 0 aliphatic heterocycles. The lowest BCUT2D eigenvalue weighted by atomic mass is 10.3. The van der Waals surface area contributed by atoms with Crippen molar-refractivity contribution in [2.24, 2.45) is 0 Å². The molecule has 90 valence electrons. The summed E-state index contributed by atoms with van der Waals surface area (Å²) in [5, 5.41) is 0. The second kappa shape index (κ2) is 4.23. The lowest BCUT2D eigenvalue weighted by molar-refractivity contribution is -0.290. The monoisotopic (exact) mass is 244 g/mol. The summed E-state index contributed by atoms with van der Waals surface area (Å²) in [6.07, 6.45) is -5.68. The van der Waals surface area contributed by atoms with Crippen LogP contribution < -0.4 is 4.74 Å². The van der Waals surface area contributed by atoms with Gasteiger partial charge in [-0.25, -0.2) is 4.39 Å². The van der Waals surface area contributed by atoms with Crippen LogP contribution in [0.4, 0.5) is 26.3 Å². The molecule has 0 amide bonds. The molecule has 0 N–H and O–H groups in total. The number of hydrogen-bond acceptors (Lipinski definition) is 1. The Morgan fingerprint density at radius 1 is 1.06 bits per heavy atom. The minimum Gasteiger partial charge on any atom is -0.487 e. The molecule has 0 aromatic heterocycles. The third kappa shape index (κ3) is 3.04. The first kappa shape index (κ1) is 12.7. The fourth-order valence-corrected chi connectivity index (χ4v) is 0.813. The molecule has 0 atom stereocenters. The van der Waals surface area contributed by atoms with Crippen molar-refractivity contribution in [3.8, 4) is 5.75 Å². The Bertz CT molecular complexity index is 359. The number of benzene rings is 1. The number of ether oxygens (including phenoxy) is 1. The van der Waals surface area contributed by atoms with E-state index in [9.17, 15) is 26.3 Å². The van der Waals surface area contributed by atoms with E-state index in [1.165, 1.54) is 0 Å². The molecule has 0 aliphatic carbocycles. The van der Waals surface area contributed by atoms with Crippen LogP contribution in [0, 0.1) is 5.82 Å².